The number of urea groups is 1. The Balaban J connectivity index is 1.93. The first-order valence-electron chi connectivity index (χ1n) is 6.92. The van der Waals surface area contributed by atoms with Gasteiger partial charge in [0, 0.05) is 39.3 Å². The van der Waals surface area contributed by atoms with Gasteiger partial charge in [0.05, 0.1) is 12.2 Å². The lowest BCUT2D eigenvalue weighted by Crippen LogP contribution is -2.53. The molecular weight excluding hydrogens is 298 g/mol. The Kier molecular flexibility index (Phi) is 4.43. The van der Waals surface area contributed by atoms with Crippen molar-refractivity contribution in [2.45, 2.75) is 6.92 Å². The zero-order valence-electron chi connectivity index (χ0n) is 12.2. The van der Waals surface area contributed by atoms with Crippen LogP contribution in [0.1, 0.15) is 6.92 Å². The summed E-state index contributed by atoms with van der Waals surface area (Å²) in [6, 6.07) is -0.196. The van der Waals surface area contributed by atoms with E-state index in [1.54, 1.807) is 9.80 Å². The lowest BCUT2D eigenvalue weighted by atomic mass is 9.99. The zero-order valence-corrected chi connectivity index (χ0v) is 13.0. The third kappa shape index (κ3) is 3.46. The Bertz CT molecular complexity index is 527. The molecule has 0 aromatic rings. The molecule has 2 aliphatic rings. The van der Waals surface area contributed by atoms with Crippen LogP contribution in [0.25, 0.3) is 0 Å². The molecule has 0 bridgehead atoms. The number of hydrogen-bond donors (Lipinski definition) is 1. The van der Waals surface area contributed by atoms with E-state index in [9.17, 15) is 18.0 Å². The first kappa shape index (κ1) is 16.0. The van der Waals surface area contributed by atoms with Crippen LogP contribution in [0.15, 0.2) is 0 Å². The van der Waals surface area contributed by atoms with E-state index in [0.29, 0.717) is 19.6 Å². The van der Waals surface area contributed by atoms with Crippen molar-refractivity contribution < 1.29 is 23.1 Å². The third-order valence-electron chi connectivity index (χ3n) is 4.18. The van der Waals surface area contributed by atoms with E-state index in [1.165, 1.54) is 4.31 Å². The number of sulfonamides is 1. The van der Waals surface area contributed by atoms with Gasteiger partial charge in [-0.1, -0.05) is 6.92 Å². The summed E-state index contributed by atoms with van der Waals surface area (Å²) < 4.78 is 24.2. The highest BCUT2D eigenvalue weighted by Gasteiger charge is 2.39. The zero-order chi connectivity index (χ0) is 15.8. The minimum absolute atomic E-state index is 0.0660. The lowest BCUT2D eigenvalue weighted by molar-refractivity contribution is -0.142. The Labute approximate surface area is 124 Å². The van der Waals surface area contributed by atoms with E-state index < -0.39 is 21.9 Å². The number of likely N-dealkylation sites (tertiary alicyclic amines) is 1. The van der Waals surface area contributed by atoms with Gasteiger partial charge < -0.3 is 14.9 Å². The SMILES string of the molecule is C[C@@H]1CN(C(=O)N2CCN(S(C)(=O)=O)CC2)C[C@H]1C(=O)O. The van der Waals surface area contributed by atoms with E-state index in [2.05, 4.69) is 0 Å². The molecule has 0 aliphatic carbocycles. The summed E-state index contributed by atoms with van der Waals surface area (Å²) >= 11 is 0. The van der Waals surface area contributed by atoms with Gasteiger partial charge in [-0.15, -0.1) is 0 Å². The van der Waals surface area contributed by atoms with Gasteiger partial charge in [-0.05, 0) is 5.92 Å². The normalized spacial score (nSPS) is 27.9. The fourth-order valence-electron chi connectivity index (χ4n) is 2.86. The number of hydrogen-bond acceptors (Lipinski definition) is 4. The molecule has 2 heterocycles. The average Bonchev–Trinajstić information content (AvgIpc) is 2.79. The summed E-state index contributed by atoms with van der Waals surface area (Å²) in [6.45, 7) is 3.74. The highest BCUT2D eigenvalue weighted by Crippen LogP contribution is 2.24. The van der Waals surface area contributed by atoms with Crippen LogP contribution in [0.3, 0.4) is 0 Å². The van der Waals surface area contributed by atoms with E-state index in [-0.39, 0.29) is 31.6 Å². The van der Waals surface area contributed by atoms with E-state index in [1.807, 2.05) is 6.92 Å². The molecule has 120 valence electrons. The molecule has 2 atom stereocenters. The number of nitrogens with zero attached hydrogens (tertiary/aromatic N) is 3. The fraction of sp³-hybridized carbons (Fsp3) is 0.833. The number of carboxylic acids is 1. The number of carboxylic acid groups (broad SMARTS) is 1. The van der Waals surface area contributed by atoms with Crippen LogP contribution in [0.2, 0.25) is 0 Å². The molecule has 2 fully saturated rings. The van der Waals surface area contributed by atoms with E-state index in [0.717, 1.165) is 6.26 Å². The Morgan fingerprint density at radius 2 is 1.62 bits per heavy atom. The maximum Gasteiger partial charge on any atom is 0.320 e. The summed E-state index contributed by atoms with van der Waals surface area (Å²) in [4.78, 5) is 26.6. The molecule has 0 spiro atoms. The van der Waals surface area contributed by atoms with Crippen molar-refractivity contribution in [3.05, 3.63) is 0 Å². The van der Waals surface area contributed by atoms with Gasteiger partial charge >= 0.3 is 12.0 Å². The van der Waals surface area contributed by atoms with Gasteiger partial charge in [0.15, 0.2) is 0 Å². The Morgan fingerprint density at radius 1 is 1.05 bits per heavy atom. The van der Waals surface area contributed by atoms with Crippen LogP contribution in [0, 0.1) is 11.8 Å². The van der Waals surface area contributed by atoms with Crippen molar-refractivity contribution in [1.82, 2.24) is 14.1 Å². The van der Waals surface area contributed by atoms with Crippen LogP contribution in [-0.4, -0.2) is 85.2 Å². The predicted molar refractivity (Wildman–Crippen MR) is 75.2 cm³/mol. The van der Waals surface area contributed by atoms with Crippen molar-refractivity contribution in [2.75, 3.05) is 45.5 Å². The maximum absolute atomic E-state index is 12.4. The molecule has 0 radical (unpaired) electrons. The Morgan fingerprint density at radius 3 is 2.05 bits per heavy atom. The molecule has 2 saturated heterocycles. The second kappa shape index (κ2) is 5.80. The minimum atomic E-state index is -3.22. The van der Waals surface area contributed by atoms with Crippen LogP contribution >= 0.6 is 0 Å². The fourth-order valence-corrected chi connectivity index (χ4v) is 3.68. The number of carbonyl (C=O) groups is 2. The van der Waals surface area contributed by atoms with Gasteiger partial charge in [0.2, 0.25) is 10.0 Å². The average molecular weight is 319 g/mol. The lowest BCUT2D eigenvalue weighted by Gasteiger charge is -2.35. The largest absolute Gasteiger partial charge is 0.481 e. The van der Waals surface area contributed by atoms with Crippen LogP contribution in [-0.2, 0) is 14.8 Å². The summed E-state index contributed by atoms with van der Waals surface area (Å²) in [5.41, 5.74) is 0. The third-order valence-corrected chi connectivity index (χ3v) is 5.48. The van der Waals surface area contributed by atoms with Gasteiger partial charge in [0.1, 0.15) is 0 Å². The molecule has 1 N–H and O–H groups in total. The molecule has 8 nitrogen and oxygen atoms in total. The monoisotopic (exact) mass is 319 g/mol. The molecule has 2 aliphatic heterocycles. The van der Waals surface area contributed by atoms with Crippen LogP contribution < -0.4 is 0 Å². The minimum Gasteiger partial charge on any atom is -0.481 e. The summed E-state index contributed by atoms with van der Waals surface area (Å²) in [5, 5.41) is 9.09. The maximum atomic E-state index is 12.4. The molecule has 2 amide bonds. The van der Waals surface area contributed by atoms with Crippen molar-refractivity contribution in [3.63, 3.8) is 0 Å². The molecule has 0 aromatic heterocycles. The van der Waals surface area contributed by atoms with E-state index in [4.69, 9.17) is 5.11 Å². The molecule has 9 heteroatoms. The predicted octanol–water partition coefficient (Wildman–Crippen LogP) is -0.664. The van der Waals surface area contributed by atoms with Gasteiger partial charge in [-0.3, -0.25) is 4.79 Å². The number of amides is 2. The van der Waals surface area contributed by atoms with Gasteiger partial charge in [-0.2, -0.15) is 4.31 Å². The van der Waals surface area contributed by atoms with Crippen molar-refractivity contribution in [2.24, 2.45) is 11.8 Å². The van der Waals surface area contributed by atoms with Crippen molar-refractivity contribution in [3.8, 4) is 0 Å². The molecule has 0 saturated carbocycles. The first-order valence-corrected chi connectivity index (χ1v) is 8.76. The first-order chi connectivity index (χ1) is 9.70. The van der Waals surface area contributed by atoms with Crippen LogP contribution in [0.4, 0.5) is 4.79 Å². The smallest absolute Gasteiger partial charge is 0.320 e. The summed E-state index contributed by atoms with van der Waals surface area (Å²) in [5.74, 6) is -1.46. The van der Waals surface area contributed by atoms with Gasteiger partial charge in [0.25, 0.3) is 0 Å². The number of rotatable bonds is 2. The van der Waals surface area contributed by atoms with Crippen molar-refractivity contribution >= 4 is 22.0 Å². The molecule has 0 aromatic carbocycles. The molecule has 0 unspecified atom stereocenters. The van der Waals surface area contributed by atoms with Crippen LogP contribution in [0.5, 0.6) is 0 Å². The highest BCUT2D eigenvalue weighted by molar-refractivity contribution is 7.88. The number of piperazine rings is 1. The van der Waals surface area contributed by atoms with Gasteiger partial charge in [-0.25, -0.2) is 13.2 Å². The topological polar surface area (TPSA) is 98.2 Å². The molecule has 21 heavy (non-hydrogen) atoms. The second-order valence-electron chi connectivity index (χ2n) is 5.76. The summed E-state index contributed by atoms with van der Waals surface area (Å²) in [6.07, 6.45) is 1.16. The highest BCUT2D eigenvalue weighted by atomic mass is 32.2. The summed E-state index contributed by atoms with van der Waals surface area (Å²) in [7, 11) is -3.22. The molecule has 2 rings (SSSR count). The second-order valence-corrected chi connectivity index (χ2v) is 7.74. The Hall–Kier alpha value is -1.35. The number of carbonyl (C=O) groups excluding carboxylic acids is 1. The standard InChI is InChI=1S/C12H21N3O5S/c1-9-7-14(8-10(9)11(16)17)12(18)13-3-5-15(6-4-13)21(2,19)20/h9-10H,3-8H2,1-2H3,(H,16,17)/t9-,10-/m1/s1. The van der Waals surface area contributed by atoms with E-state index >= 15 is 0 Å². The quantitative estimate of drug-likeness (QED) is 0.728. The molecular formula is C12H21N3O5S. The van der Waals surface area contributed by atoms with Crippen molar-refractivity contribution in [1.29, 1.82) is 0 Å². The number of aliphatic carboxylic acids is 1.